The van der Waals surface area contributed by atoms with E-state index in [1.165, 1.54) is 13.2 Å². The van der Waals surface area contributed by atoms with Gasteiger partial charge in [-0.3, -0.25) is 0 Å². The minimum atomic E-state index is -0.641. The molecule has 3 rings (SSSR count). The Morgan fingerprint density at radius 1 is 1.24 bits per heavy atom. The number of esters is 1. The standard InChI is InChI=1S/C21H18BrNO5S/c1-3-28-21(26)18-19(25)17(29-20(18)23-13-7-5-4-6-8-13)10-12-9-16(27-2)15(24)11-14(12)22/h4-11,24-25H,3H2,1-2H3/b17-10-,23-20?. The van der Waals surface area contributed by atoms with E-state index < -0.39 is 5.97 Å². The number of aromatic hydroxyl groups is 1. The number of hydrogen-bond acceptors (Lipinski definition) is 7. The summed E-state index contributed by atoms with van der Waals surface area (Å²) in [6, 6.07) is 12.3. The number of rotatable bonds is 5. The third kappa shape index (κ3) is 4.65. The van der Waals surface area contributed by atoms with Crippen molar-refractivity contribution in [1.82, 2.24) is 0 Å². The molecule has 6 nitrogen and oxygen atoms in total. The van der Waals surface area contributed by atoms with Gasteiger partial charge in [0.05, 0.1) is 24.3 Å². The maximum atomic E-state index is 12.4. The Bertz CT molecular complexity index is 1030. The fourth-order valence-electron chi connectivity index (χ4n) is 2.59. The fourth-order valence-corrected chi connectivity index (χ4v) is 4.06. The number of thioether (sulfide) groups is 1. The van der Waals surface area contributed by atoms with Crippen molar-refractivity contribution in [3.05, 3.63) is 68.7 Å². The number of carbonyl (C=O) groups is 1. The highest BCUT2D eigenvalue weighted by molar-refractivity contribution is 9.10. The molecule has 0 radical (unpaired) electrons. The van der Waals surface area contributed by atoms with E-state index in [-0.39, 0.29) is 29.4 Å². The molecule has 0 saturated heterocycles. The summed E-state index contributed by atoms with van der Waals surface area (Å²) in [6.45, 7) is 1.88. The summed E-state index contributed by atoms with van der Waals surface area (Å²) in [5.74, 6) is -0.575. The first-order chi connectivity index (χ1) is 13.9. The van der Waals surface area contributed by atoms with Crippen molar-refractivity contribution in [2.45, 2.75) is 6.92 Å². The van der Waals surface area contributed by atoms with Crippen LogP contribution in [-0.4, -0.2) is 34.9 Å². The van der Waals surface area contributed by atoms with Gasteiger partial charge in [-0.2, -0.15) is 0 Å². The second kappa shape index (κ2) is 9.19. The number of methoxy groups -OCH3 is 1. The lowest BCUT2D eigenvalue weighted by Crippen LogP contribution is -2.12. The number of phenolic OH excluding ortho intramolecular Hbond substituents is 1. The lowest BCUT2D eigenvalue weighted by atomic mass is 10.1. The number of hydrogen-bond donors (Lipinski definition) is 2. The predicted molar refractivity (Wildman–Crippen MR) is 118 cm³/mol. The first-order valence-electron chi connectivity index (χ1n) is 8.65. The van der Waals surface area contributed by atoms with Crippen LogP contribution in [0, 0.1) is 0 Å². The third-order valence-electron chi connectivity index (χ3n) is 3.94. The summed E-state index contributed by atoms with van der Waals surface area (Å²) in [5, 5.41) is 21.0. The number of phenols is 1. The highest BCUT2D eigenvalue weighted by Gasteiger charge is 2.33. The minimum Gasteiger partial charge on any atom is -0.506 e. The van der Waals surface area contributed by atoms with Gasteiger partial charge in [-0.1, -0.05) is 45.9 Å². The van der Waals surface area contributed by atoms with Gasteiger partial charge in [0.2, 0.25) is 0 Å². The quantitative estimate of drug-likeness (QED) is 0.566. The molecule has 0 saturated carbocycles. The van der Waals surface area contributed by atoms with E-state index >= 15 is 0 Å². The Morgan fingerprint density at radius 2 is 1.97 bits per heavy atom. The van der Waals surface area contributed by atoms with Crippen LogP contribution in [0.5, 0.6) is 11.5 Å². The van der Waals surface area contributed by atoms with Crippen molar-refractivity contribution in [3.8, 4) is 11.5 Å². The molecule has 0 unspecified atom stereocenters. The maximum Gasteiger partial charge on any atom is 0.344 e. The van der Waals surface area contributed by atoms with E-state index in [2.05, 4.69) is 20.9 Å². The van der Waals surface area contributed by atoms with Crippen molar-refractivity contribution in [1.29, 1.82) is 0 Å². The maximum absolute atomic E-state index is 12.4. The van der Waals surface area contributed by atoms with Crippen LogP contribution in [0.1, 0.15) is 12.5 Å². The van der Waals surface area contributed by atoms with Gasteiger partial charge in [-0.05, 0) is 42.8 Å². The first kappa shape index (κ1) is 21.0. The van der Waals surface area contributed by atoms with Crippen LogP contribution in [0.25, 0.3) is 6.08 Å². The molecule has 0 bridgehead atoms. The van der Waals surface area contributed by atoms with Crippen LogP contribution in [0.15, 0.2) is 68.2 Å². The summed E-state index contributed by atoms with van der Waals surface area (Å²) < 4.78 is 10.8. The molecule has 29 heavy (non-hydrogen) atoms. The molecule has 1 aliphatic heterocycles. The van der Waals surface area contributed by atoms with Gasteiger partial charge in [0.1, 0.15) is 16.4 Å². The summed E-state index contributed by atoms with van der Waals surface area (Å²) in [4.78, 5) is 17.4. The fraction of sp³-hybridized carbons (Fsp3) is 0.143. The van der Waals surface area contributed by atoms with Gasteiger partial charge in [0.15, 0.2) is 11.5 Å². The zero-order valence-electron chi connectivity index (χ0n) is 15.7. The Kier molecular flexibility index (Phi) is 6.66. The SMILES string of the molecule is CCOC(=O)C1=C(O)/C(=C/c2cc(OC)c(O)cc2Br)SC1=Nc1ccccc1. The number of aliphatic imine (C=N–C) groups is 1. The number of carbonyl (C=O) groups excluding carboxylic acids is 1. The van der Waals surface area contributed by atoms with E-state index in [0.717, 1.165) is 11.8 Å². The van der Waals surface area contributed by atoms with Crippen LogP contribution in [0.3, 0.4) is 0 Å². The normalized spacial score (nSPS) is 16.5. The molecular formula is C21H18BrNO5S. The Labute approximate surface area is 180 Å². The molecule has 0 amide bonds. The monoisotopic (exact) mass is 475 g/mol. The number of aliphatic hydroxyl groups excluding tert-OH is 1. The summed E-state index contributed by atoms with van der Waals surface area (Å²) in [6.07, 6.45) is 1.68. The molecule has 8 heteroatoms. The third-order valence-corrected chi connectivity index (χ3v) is 5.65. The van der Waals surface area contributed by atoms with Crippen molar-refractivity contribution < 1.29 is 24.5 Å². The van der Waals surface area contributed by atoms with Gasteiger partial charge < -0.3 is 19.7 Å². The minimum absolute atomic E-state index is 0.0149. The Morgan fingerprint density at radius 3 is 2.62 bits per heavy atom. The lowest BCUT2D eigenvalue weighted by molar-refractivity contribution is -0.138. The van der Waals surface area contributed by atoms with Gasteiger partial charge in [-0.25, -0.2) is 9.79 Å². The predicted octanol–water partition coefficient (Wildman–Crippen LogP) is 5.36. The van der Waals surface area contributed by atoms with Crippen LogP contribution in [0.4, 0.5) is 5.69 Å². The number of aliphatic hydroxyl groups is 1. The summed E-state index contributed by atoms with van der Waals surface area (Å²) in [5.41, 5.74) is 1.32. The Hall–Kier alpha value is -2.71. The molecule has 0 aromatic heterocycles. The molecule has 1 heterocycles. The topological polar surface area (TPSA) is 88.4 Å². The molecule has 0 aliphatic carbocycles. The molecular weight excluding hydrogens is 458 g/mol. The summed E-state index contributed by atoms with van der Waals surface area (Å²) >= 11 is 4.55. The second-order valence-corrected chi connectivity index (χ2v) is 7.74. The Balaban J connectivity index is 2.08. The van der Waals surface area contributed by atoms with E-state index in [9.17, 15) is 15.0 Å². The van der Waals surface area contributed by atoms with Crippen LogP contribution < -0.4 is 4.74 Å². The first-order valence-corrected chi connectivity index (χ1v) is 10.3. The zero-order valence-corrected chi connectivity index (χ0v) is 18.1. The van der Waals surface area contributed by atoms with E-state index in [1.807, 2.05) is 18.2 Å². The molecule has 150 valence electrons. The van der Waals surface area contributed by atoms with E-state index in [0.29, 0.717) is 25.7 Å². The van der Waals surface area contributed by atoms with Crippen molar-refractivity contribution in [2.24, 2.45) is 4.99 Å². The highest BCUT2D eigenvalue weighted by atomic mass is 79.9. The average molecular weight is 476 g/mol. The molecule has 0 fully saturated rings. The van der Waals surface area contributed by atoms with E-state index in [4.69, 9.17) is 9.47 Å². The zero-order chi connectivity index (χ0) is 21.0. The molecule has 2 aromatic rings. The van der Waals surface area contributed by atoms with Gasteiger partial charge in [0.25, 0.3) is 0 Å². The van der Waals surface area contributed by atoms with Crippen molar-refractivity contribution in [2.75, 3.05) is 13.7 Å². The number of ether oxygens (including phenoxy) is 2. The number of nitrogens with zero attached hydrogens (tertiary/aromatic N) is 1. The van der Waals surface area contributed by atoms with E-state index in [1.54, 1.807) is 31.2 Å². The average Bonchev–Trinajstić information content (AvgIpc) is 3.00. The van der Waals surface area contributed by atoms with Gasteiger partial charge in [0, 0.05) is 4.47 Å². The number of para-hydroxylation sites is 1. The molecule has 2 aromatic carbocycles. The smallest absolute Gasteiger partial charge is 0.344 e. The van der Waals surface area contributed by atoms with Crippen molar-refractivity contribution >= 4 is 50.5 Å². The lowest BCUT2D eigenvalue weighted by Gasteiger charge is -2.07. The molecule has 0 spiro atoms. The van der Waals surface area contributed by atoms with Crippen molar-refractivity contribution in [3.63, 3.8) is 0 Å². The second-order valence-electron chi connectivity index (χ2n) is 5.85. The molecule has 0 atom stereocenters. The summed E-state index contributed by atoms with van der Waals surface area (Å²) in [7, 11) is 1.45. The van der Waals surface area contributed by atoms with Crippen LogP contribution in [-0.2, 0) is 9.53 Å². The highest BCUT2D eigenvalue weighted by Crippen LogP contribution is 2.42. The number of halogens is 1. The molecule has 1 aliphatic rings. The number of benzene rings is 2. The van der Waals surface area contributed by atoms with Gasteiger partial charge >= 0.3 is 5.97 Å². The largest absolute Gasteiger partial charge is 0.506 e. The molecule has 2 N–H and O–H groups in total. The van der Waals surface area contributed by atoms with Crippen LogP contribution in [0.2, 0.25) is 0 Å². The van der Waals surface area contributed by atoms with Gasteiger partial charge in [-0.15, -0.1) is 0 Å². The van der Waals surface area contributed by atoms with Crippen LogP contribution >= 0.6 is 27.7 Å².